The van der Waals surface area contributed by atoms with Gasteiger partial charge in [0.1, 0.15) is 11.5 Å². The normalized spacial score (nSPS) is 12.2. The van der Waals surface area contributed by atoms with Gasteiger partial charge in [0.15, 0.2) is 5.78 Å². The summed E-state index contributed by atoms with van der Waals surface area (Å²) in [5, 5.41) is 8.63. The number of ketones is 1. The number of nitrogens with one attached hydrogen (secondary N) is 1. The maximum Gasteiger partial charge on any atom is 0.279 e. The molecule has 0 spiro atoms. The molecule has 3 N–H and O–H groups in total. The molecule has 4 aromatic rings. The average Bonchev–Trinajstić information content (AvgIpc) is 3.34. The highest BCUT2D eigenvalue weighted by atomic mass is 32.2. The number of sulfonamides is 1. The van der Waals surface area contributed by atoms with E-state index in [4.69, 9.17) is 9.56 Å². The Bertz CT molecular complexity index is 1610. The van der Waals surface area contributed by atoms with Crippen LogP contribution in [0, 0.1) is 0 Å². The van der Waals surface area contributed by atoms with Crippen LogP contribution in [0.15, 0.2) is 74.8 Å². The van der Waals surface area contributed by atoms with E-state index >= 15 is 0 Å². The molecule has 0 saturated heterocycles. The topological polar surface area (TPSA) is 128 Å². The number of aromatic nitrogens is 2. The summed E-state index contributed by atoms with van der Waals surface area (Å²) in [6.07, 6.45) is 1.56. The summed E-state index contributed by atoms with van der Waals surface area (Å²) in [7, 11) is -3.83. The lowest BCUT2D eigenvalue weighted by Crippen LogP contribution is -2.33. The number of primary sulfonamides is 1. The van der Waals surface area contributed by atoms with Crippen molar-refractivity contribution in [3.05, 3.63) is 92.9 Å². The molecular formula is C23H19N3O5S. The number of aromatic amines is 1. The summed E-state index contributed by atoms with van der Waals surface area (Å²) < 4.78 is 30.0. The van der Waals surface area contributed by atoms with Crippen molar-refractivity contribution in [2.24, 2.45) is 5.14 Å². The highest BCUT2D eigenvalue weighted by Crippen LogP contribution is 2.23. The first-order valence-electron chi connectivity index (χ1n) is 9.49. The molecule has 0 bridgehead atoms. The van der Waals surface area contributed by atoms with Crippen LogP contribution >= 0.6 is 0 Å². The minimum atomic E-state index is -3.83. The molecule has 0 aliphatic carbocycles. The Morgan fingerprint density at radius 2 is 1.84 bits per heavy atom. The van der Waals surface area contributed by atoms with Crippen LogP contribution in [0.3, 0.4) is 0 Å². The number of carbonyl (C=O) groups excluding carboxylic acids is 1. The largest absolute Gasteiger partial charge is 0.457 e. The van der Waals surface area contributed by atoms with Gasteiger partial charge in [-0.3, -0.25) is 14.7 Å². The van der Waals surface area contributed by atoms with Crippen molar-refractivity contribution in [1.82, 2.24) is 9.78 Å². The SMILES string of the molecule is C=c1[nH]n(-c2ccc(S(N)(=O)=O)cc2)c(=O)/c1=C\c1ccc(-c2cccc(C(C)=O)c2)o1. The molecule has 9 heteroatoms. The maximum atomic E-state index is 12.9. The second-order valence-electron chi connectivity index (χ2n) is 7.17. The van der Waals surface area contributed by atoms with Crippen molar-refractivity contribution in [2.75, 3.05) is 0 Å². The zero-order valence-corrected chi connectivity index (χ0v) is 17.8. The first-order chi connectivity index (χ1) is 15.1. The van der Waals surface area contributed by atoms with Crippen LogP contribution in [0.5, 0.6) is 0 Å². The van der Waals surface area contributed by atoms with Gasteiger partial charge < -0.3 is 4.42 Å². The van der Waals surface area contributed by atoms with Crippen LogP contribution in [-0.2, 0) is 10.0 Å². The molecule has 2 heterocycles. The number of nitrogens with two attached hydrogens (primary N) is 1. The van der Waals surface area contributed by atoms with Crippen molar-refractivity contribution in [3.63, 3.8) is 0 Å². The predicted octanol–water partition coefficient (Wildman–Crippen LogP) is 1.51. The van der Waals surface area contributed by atoms with E-state index in [0.717, 1.165) is 5.56 Å². The summed E-state index contributed by atoms with van der Waals surface area (Å²) in [6, 6.07) is 16.1. The summed E-state index contributed by atoms with van der Waals surface area (Å²) in [5.41, 5.74) is 1.36. The second kappa shape index (κ2) is 7.95. The molecule has 0 amide bonds. The molecule has 2 aromatic carbocycles. The predicted molar refractivity (Wildman–Crippen MR) is 120 cm³/mol. The molecule has 0 fully saturated rings. The number of benzene rings is 2. The molecule has 0 radical (unpaired) electrons. The van der Waals surface area contributed by atoms with Crippen LogP contribution < -0.4 is 21.3 Å². The van der Waals surface area contributed by atoms with Gasteiger partial charge in [-0.2, -0.15) is 0 Å². The minimum absolute atomic E-state index is 0.0446. The molecule has 162 valence electrons. The Morgan fingerprint density at radius 3 is 2.50 bits per heavy atom. The highest BCUT2D eigenvalue weighted by molar-refractivity contribution is 7.89. The molecule has 32 heavy (non-hydrogen) atoms. The zero-order valence-electron chi connectivity index (χ0n) is 17.0. The quantitative estimate of drug-likeness (QED) is 0.447. The molecule has 4 rings (SSSR count). The average molecular weight is 449 g/mol. The Balaban J connectivity index is 1.72. The van der Waals surface area contributed by atoms with E-state index in [9.17, 15) is 18.0 Å². The second-order valence-corrected chi connectivity index (χ2v) is 8.73. The van der Waals surface area contributed by atoms with E-state index in [2.05, 4.69) is 11.7 Å². The van der Waals surface area contributed by atoms with E-state index in [-0.39, 0.29) is 16.2 Å². The van der Waals surface area contributed by atoms with Gasteiger partial charge in [0.25, 0.3) is 5.56 Å². The summed E-state index contributed by atoms with van der Waals surface area (Å²) >= 11 is 0. The van der Waals surface area contributed by atoms with Gasteiger partial charge in [0, 0.05) is 11.1 Å². The fraction of sp³-hybridized carbons (Fsp3) is 0.0435. The number of carbonyl (C=O) groups is 1. The molecular weight excluding hydrogens is 430 g/mol. The van der Waals surface area contributed by atoms with Crippen molar-refractivity contribution in [1.29, 1.82) is 0 Å². The number of nitrogens with zero attached hydrogens (tertiary/aromatic N) is 1. The maximum absolute atomic E-state index is 12.9. The summed E-state index contributed by atoms with van der Waals surface area (Å²) in [4.78, 5) is 24.5. The summed E-state index contributed by atoms with van der Waals surface area (Å²) in [5.74, 6) is 0.946. The molecule has 0 aliphatic heterocycles. The first kappa shape index (κ1) is 21.3. The number of rotatable bonds is 5. The van der Waals surface area contributed by atoms with Crippen LogP contribution in [0.2, 0.25) is 0 Å². The van der Waals surface area contributed by atoms with Crippen molar-refractivity contribution in [2.45, 2.75) is 11.8 Å². The van der Waals surface area contributed by atoms with Crippen LogP contribution in [0.25, 0.3) is 29.7 Å². The fourth-order valence-corrected chi connectivity index (χ4v) is 3.75. The minimum Gasteiger partial charge on any atom is -0.457 e. The molecule has 0 unspecified atom stereocenters. The third-order valence-corrected chi connectivity index (χ3v) is 5.83. The van der Waals surface area contributed by atoms with E-state index in [0.29, 0.717) is 33.3 Å². The third kappa shape index (κ3) is 4.11. The van der Waals surface area contributed by atoms with Gasteiger partial charge in [-0.05, 0) is 55.5 Å². The molecule has 0 atom stereocenters. The van der Waals surface area contributed by atoms with Gasteiger partial charge in [0.05, 0.1) is 21.2 Å². The number of Topliss-reactive ketones (excluding diaryl/α,β-unsaturated/α-hetero) is 1. The highest BCUT2D eigenvalue weighted by Gasteiger charge is 2.11. The molecule has 2 aromatic heterocycles. The third-order valence-electron chi connectivity index (χ3n) is 4.90. The molecule has 0 saturated carbocycles. The van der Waals surface area contributed by atoms with Crippen LogP contribution in [-0.4, -0.2) is 24.0 Å². The lowest BCUT2D eigenvalue weighted by Gasteiger charge is -2.02. The van der Waals surface area contributed by atoms with E-state index < -0.39 is 10.0 Å². The Morgan fingerprint density at radius 1 is 1.12 bits per heavy atom. The Labute approximate surface area is 183 Å². The van der Waals surface area contributed by atoms with Gasteiger partial charge in [-0.15, -0.1) is 0 Å². The van der Waals surface area contributed by atoms with E-state index in [1.54, 1.807) is 36.4 Å². The standard InChI is InChI=1S/C23H19N3O5S/c1-14-21(23(28)26(25-14)18-6-9-20(10-7-18)32(24,29)30)13-19-8-11-22(31-19)17-5-3-4-16(12-17)15(2)27/h3-13,25H,1H2,2H3,(H2,24,29,30)/b21-13-. The van der Waals surface area contributed by atoms with Gasteiger partial charge in [0.2, 0.25) is 10.0 Å². The Kier molecular flexibility index (Phi) is 5.29. The van der Waals surface area contributed by atoms with Crippen LogP contribution in [0.4, 0.5) is 0 Å². The summed E-state index contributed by atoms with van der Waals surface area (Å²) in [6.45, 7) is 5.37. The number of furan rings is 1. The van der Waals surface area contributed by atoms with E-state index in [1.165, 1.54) is 35.9 Å². The smallest absolute Gasteiger partial charge is 0.279 e. The number of hydrogen-bond donors (Lipinski definition) is 2. The number of H-pyrrole nitrogens is 1. The van der Waals surface area contributed by atoms with Gasteiger partial charge in [-0.1, -0.05) is 24.8 Å². The first-order valence-corrected chi connectivity index (χ1v) is 11.0. The monoisotopic (exact) mass is 449 g/mol. The molecule has 0 aliphatic rings. The van der Waals surface area contributed by atoms with Gasteiger partial charge >= 0.3 is 0 Å². The lowest BCUT2D eigenvalue weighted by atomic mass is 10.1. The van der Waals surface area contributed by atoms with Crippen molar-refractivity contribution in [3.8, 4) is 17.0 Å². The number of hydrogen-bond acceptors (Lipinski definition) is 5. The Hall–Kier alpha value is -3.95. The zero-order chi connectivity index (χ0) is 23.0. The van der Waals surface area contributed by atoms with E-state index in [1.807, 2.05) is 6.07 Å². The lowest BCUT2D eigenvalue weighted by molar-refractivity contribution is 0.101. The van der Waals surface area contributed by atoms with Crippen molar-refractivity contribution >= 4 is 28.5 Å². The van der Waals surface area contributed by atoms with Crippen molar-refractivity contribution < 1.29 is 17.6 Å². The van der Waals surface area contributed by atoms with Crippen LogP contribution in [0.1, 0.15) is 23.0 Å². The van der Waals surface area contributed by atoms with Gasteiger partial charge in [-0.25, -0.2) is 18.2 Å². The molecule has 8 nitrogen and oxygen atoms in total. The fourth-order valence-electron chi connectivity index (χ4n) is 3.23.